The summed E-state index contributed by atoms with van der Waals surface area (Å²) in [5.41, 5.74) is 9.05. The number of nitrogens with zero attached hydrogens (tertiary/aromatic N) is 1. The average molecular weight is 496 g/mol. The predicted octanol–water partition coefficient (Wildman–Crippen LogP) is 3.74. The lowest BCUT2D eigenvalue weighted by atomic mass is 9.99. The van der Waals surface area contributed by atoms with Crippen LogP contribution in [0.15, 0.2) is 36.4 Å². The molecule has 0 unspecified atom stereocenters. The lowest BCUT2D eigenvalue weighted by Gasteiger charge is -2.20. The fourth-order valence-corrected chi connectivity index (χ4v) is 3.85. The monoisotopic (exact) mass is 494 g/mol. The summed E-state index contributed by atoms with van der Waals surface area (Å²) >= 11 is 0. The summed E-state index contributed by atoms with van der Waals surface area (Å²) in [6.07, 6.45) is 1.85. The average Bonchev–Trinajstić information content (AvgIpc) is 3.05. The largest absolute Gasteiger partial charge is 0.384 e. The van der Waals surface area contributed by atoms with E-state index in [1.54, 1.807) is 12.1 Å². The van der Waals surface area contributed by atoms with Gasteiger partial charge in [-0.05, 0) is 62.1 Å². The van der Waals surface area contributed by atoms with Crippen molar-refractivity contribution in [2.45, 2.75) is 38.8 Å². The number of aryl methyl sites for hydroxylation is 1. The predicted molar refractivity (Wildman–Crippen MR) is 133 cm³/mol. The molecule has 3 rings (SSSR count). The zero-order valence-corrected chi connectivity index (χ0v) is 20.4. The Morgan fingerprint density at radius 3 is 2.71 bits per heavy atom. The number of nitrogens with two attached hydrogens (primary N) is 1. The zero-order chi connectivity index (χ0) is 19.9. The molecular weight excluding hydrogens is 462 g/mol. The highest BCUT2D eigenvalue weighted by Gasteiger charge is 2.28. The first-order valence-electron chi connectivity index (χ1n) is 10.0. The third kappa shape index (κ3) is 9.89. The topological polar surface area (TPSA) is 72.2 Å². The summed E-state index contributed by atoms with van der Waals surface area (Å²) in [4.78, 5) is 4.45. The van der Waals surface area contributed by atoms with Crippen molar-refractivity contribution in [3.05, 3.63) is 59.0 Å². The summed E-state index contributed by atoms with van der Waals surface area (Å²) in [7, 11) is 0. The molecular formula is C22H34Cl3FN4O. The van der Waals surface area contributed by atoms with Crippen molar-refractivity contribution in [1.82, 2.24) is 15.6 Å². The van der Waals surface area contributed by atoms with Crippen molar-refractivity contribution in [2.24, 2.45) is 5.92 Å². The maximum atomic E-state index is 13.3. The Kier molecular flexibility index (Phi) is 14.3. The highest BCUT2D eigenvalue weighted by molar-refractivity contribution is 5.86. The van der Waals surface area contributed by atoms with E-state index in [0.717, 1.165) is 49.3 Å². The Hall–Kier alpha value is -1.15. The van der Waals surface area contributed by atoms with E-state index in [1.807, 2.05) is 19.1 Å². The van der Waals surface area contributed by atoms with E-state index in [1.165, 1.54) is 6.07 Å². The molecule has 3 atom stereocenters. The summed E-state index contributed by atoms with van der Waals surface area (Å²) in [6.45, 7) is 7.38. The Morgan fingerprint density at radius 1 is 1.23 bits per heavy atom. The maximum absolute atomic E-state index is 13.3. The van der Waals surface area contributed by atoms with Gasteiger partial charge in [-0.15, -0.1) is 37.2 Å². The second-order valence-electron chi connectivity index (χ2n) is 7.78. The summed E-state index contributed by atoms with van der Waals surface area (Å²) < 4.78 is 19.4. The molecule has 5 nitrogen and oxygen atoms in total. The minimum atomic E-state index is -0.183. The van der Waals surface area contributed by atoms with Gasteiger partial charge in [-0.3, -0.25) is 0 Å². The molecule has 0 radical (unpaired) electrons. The molecule has 0 bridgehead atoms. The highest BCUT2D eigenvalue weighted by Crippen LogP contribution is 2.19. The molecule has 1 aliphatic heterocycles. The van der Waals surface area contributed by atoms with Gasteiger partial charge in [0, 0.05) is 37.3 Å². The van der Waals surface area contributed by atoms with Crippen LogP contribution in [0.25, 0.3) is 0 Å². The van der Waals surface area contributed by atoms with Crippen LogP contribution in [0.5, 0.6) is 0 Å². The number of hydrogen-bond donors (Lipinski definition) is 3. The summed E-state index contributed by atoms with van der Waals surface area (Å²) in [5.74, 6) is 0.797. The Bertz CT molecular complexity index is 764. The molecule has 2 heterocycles. The highest BCUT2D eigenvalue weighted by atomic mass is 35.5. The van der Waals surface area contributed by atoms with Gasteiger partial charge >= 0.3 is 0 Å². The SMILES string of the molecule is Cc1cc(N)nc(C[C@@H]2CNC[C@@H]2OCCN[C@H](C)Cc2cccc(F)c2)c1.Cl.Cl.Cl. The normalized spacial score (nSPS) is 18.4. The minimum Gasteiger partial charge on any atom is -0.384 e. The van der Waals surface area contributed by atoms with E-state index < -0.39 is 0 Å². The molecule has 4 N–H and O–H groups in total. The van der Waals surface area contributed by atoms with Crippen LogP contribution in [-0.4, -0.2) is 43.4 Å². The maximum Gasteiger partial charge on any atom is 0.123 e. The number of ether oxygens (including phenoxy) is 1. The second kappa shape index (κ2) is 14.8. The van der Waals surface area contributed by atoms with Crippen LogP contribution >= 0.6 is 37.2 Å². The van der Waals surface area contributed by atoms with Crippen LogP contribution in [0.2, 0.25) is 0 Å². The van der Waals surface area contributed by atoms with E-state index in [0.29, 0.717) is 18.3 Å². The van der Waals surface area contributed by atoms with Gasteiger partial charge in [-0.2, -0.15) is 0 Å². The van der Waals surface area contributed by atoms with Gasteiger partial charge in [0.15, 0.2) is 0 Å². The van der Waals surface area contributed by atoms with Crippen LogP contribution in [0, 0.1) is 18.7 Å². The van der Waals surface area contributed by atoms with E-state index in [4.69, 9.17) is 10.5 Å². The molecule has 176 valence electrons. The van der Waals surface area contributed by atoms with E-state index in [2.05, 4.69) is 28.6 Å². The molecule has 0 saturated carbocycles. The van der Waals surface area contributed by atoms with Gasteiger partial charge in [0.25, 0.3) is 0 Å². The molecule has 0 amide bonds. The first-order chi connectivity index (χ1) is 13.5. The number of rotatable bonds is 9. The molecule has 1 aliphatic rings. The third-order valence-corrected chi connectivity index (χ3v) is 5.15. The number of hydrogen-bond acceptors (Lipinski definition) is 5. The molecule has 9 heteroatoms. The molecule has 0 aliphatic carbocycles. The second-order valence-corrected chi connectivity index (χ2v) is 7.78. The van der Waals surface area contributed by atoms with Gasteiger partial charge in [0.1, 0.15) is 11.6 Å². The van der Waals surface area contributed by atoms with Gasteiger partial charge in [-0.25, -0.2) is 9.37 Å². The number of aromatic nitrogens is 1. The van der Waals surface area contributed by atoms with Gasteiger partial charge in [0.2, 0.25) is 0 Å². The Balaban J connectivity index is 0.00000300. The number of nitrogens with one attached hydrogen (secondary N) is 2. The van der Waals surface area contributed by atoms with Crippen molar-refractivity contribution in [3.63, 3.8) is 0 Å². The van der Waals surface area contributed by atoms with Crippen LogP contribution in [-0.2, 0) is 17.6 Å². The fraction of sp³-hybridized carbons (Fsp3) is 0.500. The Labute approximate surface area is 203 Å². The molecule has 1 aromatic heterocycles. The molecule has 1 saturated heterocycles. The summed E-state index contributed by atoms with van der Waals surface area (Å²) in [5, 5.41) is 6.88. The van der Waals surface area contributed by atoms with E-state index in [-0.39, 0.29) is 55.2 Å². The standard InChI is InChI=1S/C22H31FN4O.3ClH/c1-15-8-20(27-22(24)9-15)12-18-13-25-14-21(18)28-7-6-26-16(2)10-17-4-3-5-19(23)11-17;;;/h3-5,8-9,11,16,18,21,25-26H,6-7,10,12-14H2,1-2H3,(H2,24,27);3*1H/t16-,18-,21+;;;/m1.../s1. The molecule has 1 fully saturated rings. The number of anilines is 1. The lowest BCUT2D eigenvalue weighted by Crippen LogP contribution is -2.33. The zero-order valence-electron chi connectivity index (χ0n) is 18.0. The molecule has 2 aromatic rings. The van der Waals surface area contributed by atoms with Gasteiger partial charge < -0.3 is 21.1 Å². The quantitative estimate of drug-likeness (QED) is 0.462. The molecule has 0 spiro atoms. The van der Waals surface area contributed by atoms with Gasteiger partial charge in [-0.1, -0.05) is 12.1 Å². The van der Waals surface area contributed by atoms with Crippen molar-refractivity contribution in [2.75, 3.05) is 32.0 Å². The van der Waals surface area contributed by atoms with Crippen molar-refractivity contribution in [1.29, 1.82) is 0 Å². The number of nitrogen functional groups attached to an aromatic ring is 1. The smallest absolute Gasteiger partial charge is 0.123 e. The van der Waals surface area contributed by atoms with Crippen LogP contribution in [0.1, 0.15) is 23.7 Å². The van der Waals surface area contributed by atoms with Crippen molar-refractivity contribution >= 4 is 43.0 Å². The number of halogens is 4. The van der Waals surface area contributed by atoms with Crippen LogP contribution in [0.3, 0.4) is 0 Å². The number of pyridine rings is 1. The van der Waals surface area contributed by atoms with Crippen molar-refractivity contribution < 1.29 is 9.13 Å². The fourth-order valence-electron chi connectivity index (χ4n) is 3.85. The molecule has 31 heavy (non-hydrogen) atoms. The molecule has 1 aromatic carbocycles. The Morgan fingerprint density at radius 2 is 2.00 bits per heavy atom. The van der Waals surface area contributed by atoms with Gasteiger partial charge in [0.05, 0.1) is 12.7 Å². The van der Waals surface area contributed by atoms with Crippen LogP contribution in [0.4, 0.5) is 10.2 Å². The minimum absolute atomic E-state index is 0. The number of benzene rings is 1. The summed E-state index contributed by atoms with van der Waals surface area (Å²) in [6, 6.07) is 11.0. The first kappa shape index (κ1) is 29.9. The third-order valence-electron chi connectivity index (χ3n) is 5.15. The van der Waals surface area contributed by atoms with Crippen molar-refractivity contribution in [3.8, 4) is 0 Å². The van der Waals surface area contributed by atoms with E-state index >= 15 is 0 Å². The van der Waals surface area contributed by atoms with Crippen LogP contribution < -0.4 is 16.4 Å². The van der Waals surface area contributed by atoms with E-state index in [9.17, 15) is 4.39 Å². The first-order valence-corrected chi connectivity index (χ1v) is 10.0. The lowest BCUT2D eigenvalue weighted by molar-refractivity contribution is 0.0387.